The van der Waals surface area contributed by atoms with Crippen molar-refractivity contribution in [3.05, 3.63) is 35.4 Å². The van der Waals surface area contributed by atoms with Crippen LogP contribution >= 0.6 is 0 Å². The Morgan fingerprint density at radius 1 is 1.00 bits per heavy atom. The minimum atomic E-state index is -0.939. The van der Waals surface area contributed by atoms with Crippen LogP contribution in [0.3, 0.4) is 0 Å². The minimum Gasteiger partial charge on any atom is -0.292 e. The zero-order chi connectivity index (χ0) is 14.2. The number of hydrogen-bond donors (Lipinski definition) is 0. The highest BCUT2D eigenvalue weighted by Gasteiger charge is 2.46. The van der Waals surface area contributed by atoms with Gasteiger partial charge in [-0.1, -0.05) is 12.8 Å². The SMILES string of the molecule is O=C(c1ccc(F)c(F)c1)C1(N2CCCC2)CCCC1. The van der Waals surface area contributed by atoms with Crippen LogP contribution in [-0.2, 0) is 0 Å². The first kappa shape index (κ1) is 13.7. The number of nitrogens with zero attached hydrogens (tertiary/aromatic N) is 1. The van der Waals surface area contributed by atoms with Gasteiger partial charge in [0, 0.05) is 5.56 Å². The molecule has 1 heterocycles. The fourth-order valence-corrected chi connectivity index (χ4v) is 3.70. The minimum absolute atomic E-state index is 0.0317. The maximum absolute atomic E-state index is 13.4. The lowest BCUT2D eigenvalue weighted by molar-refractivity contribution is 0.0626. The molecule has 3 rings (SSSR count). The number of halogens is 2. The van der Waals surface area contributed by atoms with Gasteiger partial charge in [0.2, 0.25) is 0 Å². The van der Waals surface area contributed by atoms with E-state index in [1.54, 1.807) is 0 Å². The van der Waals surface area contributed by atoms with Gasteiger partial charge in [-0.05, 0) is 57.0 Å². The van der Waals surface area contributed by atoms with Crippen LogP contribution in [0.25, 0.3) is 0 Å². The molecular weight excluding hydrogens is 260 g/mol. The van der Waals surface area contributed by atoms with E-state index in [-0.39, 0.29) is 5.78 Å². The predicted molar refractivity (Wildman–Crippen MR) is 72.7 cm³/mol. The molecule has 0 N–H and O–H groups in total. The summed E-state index contributed by atoms with van der Waals surface area (Å²) in [5.74, 6) is -1.87. The van der Waals surface area contributed by atoms with Gasteiger partial charge in [-0.15, -0.1) is 0 Å². The van der Waals surface area contributed by atoms with E-state index in [1.165, 1.54) is 6.07 Å². The number of carbonyl (C=O) groups is 1. The van der Waals surface area contributed by atoms with E-state index in [2.05, 4.69) is 4.90 Å². The summed E-state index contributed by atoms with van der Waals surface area (Å²) < 4.78 is 26.4. The van der Waals surface area contributed by atoms with Crippen LogP contribution in [0, 0.1) is 11.6 Å². The van der Waals surface area contributed by atoms with E-state index >= 15 is 0 Å². The molecule has 0 radical (unpaired) electrons. The molecule has 0 spiro atoms. The Morgan fingerprint density at radius 3 is 2.25 bits per heavy atom. The van der Waals surface area contributed by atoms with Crippen molar-refractivity contribution in [1.29, 1.82) is 0 Å². The summed E-state index contributed by atoms with van der Waals surface area (Å²) in [5, 5.41) is 0. The van der Waals surface area contributed by atoms with Crippen molar-refractivity contribution in [3.8, 4) is 0 Å². The van der Waals surface area contributed by atoms with E-state index in [4.69, 9.17) is 0 Å². The fraction of sp³-hybridized carbons (Fsp3) is 0.562. The van der Waals surface area contributed by atoms with Gasteiger partial charge < -0.3 is 0 Å². The van der Waals surface area contributed by atoms with Gasteiger partial charge in [0.25, 0.3) is 0 Å². The molecule has 1 aromatic carbocycles. The fourth-order valence-electron chi connectivity index (χ4n) is 3.70. The zero-order valence-corrected chi connectivity index (χ0v) is 11.5. The predicted octanol–water partition coefficient (Wildman–Crippen LogP) is 3.56. The van der Waals surface area contributed by atoms with Gasteiger partial charge in [0.05, 0.1) is 5.54 Å². The van der Waals surface area contributed by atoms with Crippen molar-refractivity contribution in [3.63, 3.8) is 0 Å². The lowest BCUT2D eigenvalue weighted by atomic mass is 9.86. The van der Waals surface area contributed by atoms with Crippen LogP contribution in [0.5, 0.6) is 0 Å². The molecule has 108 valence electrons. The van der Waals surface area contributed by atoms with Gasteiger partial charge in [0.1, 0.15) is 0 Å². The third kappa shape index (κ3) is 2.16. The Bertz CT molecular complexity index is 517. The van der Waals surface area contributed by atoms with Crippen LogP contribution in [0.2, 0.25) is 0 Å². The Hall–Kier alpha value is -1.29. The number of hydrogen-bond acceptors (Lipinski definition) is 2. The molecule has 2 fully saturated rings. The second kappa shape index (κ2) is 5.24. The zero-order valence-electron chi connectivity index (χ0n) is 11.5. The molecule has 1 aromatic rings. The highest BCUT2D eigenvalue weighted by molar-refractivity contribution is 6.03. The van der Waals surface area contributed by atoms with E-state index in [9.17, 15) is 13.6 Å². The van der Waals surface area contributed by atoms with Crippen molar-refractivity contribution < 1.29 is 13.6 Å². The van der Waals surface area contributed by atoms with Crippen LogP contribution in [0.15, 0.2) is 18.2 Å². The number of Topliss-reactive ketones (excluding diaryl/α,β-unsaturated/α-hetero) is 1. The maximum Gasteiger partial charge on any atom is 0.183 e. The molecule has 2 nitrogen and oxygen atoms in total. The lowest BCUT2D eigenvalue weighted by Crippen LogP contribution is -2.51. The van der Waals surface area contributed by atoms with E-state index in [1.807, 2.05) is 0 Å². The second-order valence-corrected chi connectivity index (χ2v) is 5.89. The van der Waals surface area contributed by atoms with Crippen LogP contribution in [-0.4, -0.2) is 29.3 Å². The first-order valence-corrected chi connectivity index (χ1v) is 7.38. The second-order valence-electron chi connectivity index (χ2n) is 5.89. The average Bonchev–Trinajstić information content (AvgIpc) is 3.12. The van der Waals surface area contributed by atoms with Gasteiger partial charge in [0.15, 0.2) is 17.4 Å². The maximum atomic E-state index is 13.4. The Kier molecular flexibility index (Phi) is 3.59. The molecule has 1 aliphatic carbocycles. The molecule has 4 heteroatoms. The Labute approximate surface area is 117 Å². The van der Waals surface area contributed by atoms with E-state index in [0.29, 0.717) is 5.56 Å². The molecule has 0 aromatic heterocycles. The van der Waals surface area contributed by atoms with Gasteiger partial charge >= 0.3 is 0 Å². The summed E-state index contributed by atoms with van der Waals surface area (Å²) in [6.45, 7) is 1.88. The van der Waals surface area contributed by atoms with Gasteiger partial charge in [-0.3, -0.25) is 9.69 Å². The van der Waals surface area contributed by atoms with Crippen molar-refractivity contribution in [2.45, 2.75) is 44.1 Å². The Balaban J connectivity index is 1.94. The lowest BCUT2D eigenvalue weighted by Gasteiger charge is -2.37. The van der Waals surface area contributed by atoms with E-state index in [0.717, 1.165) is 63.7 Å². The number of ketones is 1. The van der Waals surface area contributed by atoms with Crippen molar-refractivity contribution >= 4 is 5.78 Å². The van der Waals surface area contributed by atoms with Gasteiger partial charge in [-0.2, -0.15) is 0 Å². The summed E-state index contributed by atoms with van der Waals surface area (Å²) in [7, 11) is 0. The highest BCUT2D eigenvalue weighted by atomic mass is 19.2. The quantitative estimate of drug-likeness (QED) is 0.789. The molecule has 0 bridgehead atoms. The average molecular weight is 279 g/mol. The normalized spacial score (nSPS) is 22.3. The number of likely N-dealkylation sites (tertiary alicyclic amines) is 1. The van der Waals surface area contributed by atoms with E-state index < -0.39 is 17.2 Å². The monoisotopic (exact) mass is 279 g/mol. The molecule has 0 unspecified atom stereocenters. The van der Waals surface area contributed by atoms with Crippen LogP contribution in [0.1, 0.15) is 48.9 Å². The molecule has 1 saturated heterocycles. The summed E-state index contributed by atoms with van der Waals surface area (Å²) in [4.78, 5) is 15.2. The molecule has 0 atom stereocenters. The summed E-state index contributed by atoms with van der Waals surface area (Å²) in [6.07, 6.45) is 5.98. The number of benzene rings is 1. The first-order chi connectivity index (χ1) is 9.63. The first-order valence-electron chi connectivity index (χ1n) is 7.38. The van der Waals surface area contributed by atoms with Gasteiger partial charge in [-0.25, -0.2) is 8.78 Å². The largest absolute Gasteiger partial charge is 0.292 e. The van der Waals surface area contributed by atoms with Crippen LogP contribution in [0.4, 0.5) is 8.78 Å². The summed E-state index contributed by atoms with van der Waals surface area (Å²) in [5.41, 5.74) is -0.168. The molecule has 20 heavy (non-hydrogen) atoms. The van der Waals surface area contributed by atoms with Crippen molar-refractivity contribution in [1.82, 2.24) is 4.90 Å². The smallest absolute Gasteiger partial charge is 0.183 e. The molecular formula is C16H19F2NO. The van der Waals surface area contributed by atoms with Crippen molar-refractivity contribution in [2.24, 2.45) is 0 Å². The number of carbonyl (C=O) groups excluding carboxylic acids is 1. The molecule has 0 amide bonds. The van der Waals surface area contributed by atoms with Crippen molar-refractivity contribution in [2.75, 3.05) is 13.1 Å². The number of rotatable bonds is 3. The standard InChI is InChI=1S/C16H19F2NO/c17-13-6-5-12(11-14(13)18)15(20)16(7-1-2-8-16)19-9-3-4-10-19/h5-6,11H,1-4,7-10H2. The third-order valence-corrected chi connectivity index (χ3v) is 4.75. The molecule has 1 saturated carbocycles. The highest BCUT2D eigenvalue weighted by Crippen LogP contribution is 2.40. The Morgan fingerprint density at radius 2 is 1.65 bits per heavy atom. The van der Waals surface area contributed by atoms with Crippen LogP contribution < -0.4 is 0 Å². The topological polar surface area (TPSA) is 20.3 Å². The third-order valence-electron chi connectivity index (χ3n) is 4.75. The molecule has 2 aliphatic rings. The summed E-state index contributed by atoms with van der Waals surface area (Å²) >= 11 is 0. The summed E-state index contributed by atoms with van der Waals surface area (Å²) in [6, 6.07) is 3.51. The molecule has 1 aliphatic heterocycles.